The largest absolute Gasteiger partial charge is 0.376 e. The maximum absolute atomic E-state index is 14.4. The van der Waals surface area contributed by atoms with E-state index in [4.69, 9.17) is 20.0 Å². The van der Waals surface area contributed by atoms with E-state index in [0.29, 0.717) is 6.42 Å². The summed E-state index contributed by atoms with van der Waals surface area (Å²) in [4.78, 5) is 5.39. The Balaban J connectivity index is 1.68. The first kappa shape index (κ1) is 15.4. The van der Waals surface area contributed by atoms with Gasteiger partial charge in [-0.2, -0.15) is 5.48 Å². The van der Waals surface area contributed by atoms with Crippen LogP contribution in [0.15, 0.2) is 18.2 Å². The van der Waals surface area contributed by atoms with Crippen LogP contribution in [0.3, 0.4) is 0 Å². The summed E-state index contributed by atoms with van der Waals surface area (Å²) in [6.45, 7) is 1.11. The van der Waals surface area contributed by atoms with Crippen molar-refractivity contribution in [3.63, 3.8) is 0 Å². The van der Waals surface area contributed by atoms with E-state index in [1.807, 2.05) is 0 Å². The van der Waals surface area contributed by atoms with Crippen molar-refractivity contribution in [2.24, 2.45) is 5.73 Å². The summed E-state index contributed by atoms with van der Waals surface area (Å²) < 4.78 is 39.3. The van der Waals surface area contributed by atoms with Gasteiger partial charge >= 0.3 is 0 Å². The molecule has 0 amide bonds. The van der Waals surface area contributed by atoms with Gasteiger partial charge in [-0.25, -0.2) is 8.78 Å². The van der Waals surface area contributed by atoms with Crippen molar-refractivity contribution in [2.45, 2.75) is 42.5 Å². The van der Waals surface area contributed by atoms with Gasteiger partial charge in [0.15, 0.2) is 0 Å². The molecule has 0 saturated carbocycles. The van der Waals surface area contributed by atoms with E-state index in [1.165, 1.54) is 12.1 Å². The Morgan fingerprint density at radius 3 is 2.78 bits per heavy atom. The Morgan fingerprint density at radius 2 is 2.04 bits per heavy atom. The molecule has 3 aliphatic heterocycles. The lowest BCUT2D eigenvalue weighted by molar-refractivity contribution is -0.124. The van der Waals surface area contributed by atoms with Crippen LogP contribution in [-0.4, -0.2) is 37.6 Å². The molecule has 0 radical (unpaired) electrons. The summed E-state index contributed by atoms with van der Waals surface area (Å²) in [5.74, 6) is -1.28. The SMILES string of the molecule is N[C@]12CON[C@@]1(c1ccc(F)cc1F)CO[C@@H]([C@@H]1CCCO1)C2. The second-order valence-electron chi connectivity index (χ2n) is 6.68. The zero-order valence-electron chi connectivity index (χ0n) is 12.7. The van der Waals surface area contributed by atoms with Crippen molar-refractivity contribution >= 4 is 0 Å². The van der Waals surface area contributed by atoms with Crippen LogP contribution in [0.1, 0.15) is 24.8 Å². The molecule has 4 atom stereocenters. The van der Waals surface area contributed by atoms with Gasteiger partial charge in [0, 0.05) is 18.2 Å². The fourth-order valence-corrected chi connectivity index (χ4v) is 3.94. The fraction of sp³-hybridized carbons (Fsp3) is 0.625. The zero-order chi connectivity index (χ0) is 16.1. The van der Waals surface area contributed by atoms with Crippen LogP contribution in [0, 0.1) is 11.6 Å². The van der Waals surface area contributed by atoms with Crippen molar-refractivity contribution in [3.05, 3.63) is 35.4 Å². The standard InChI is InChI=1S/C16H20F2N2O3/c17-10-3-4-11(12(18)6-10)16-9-22-14(13-2-1-5-21-13)7-15(16,19)8-23-20-16/h3-4,6,13-14,20H,1-2,5,7-9,19H2/t13-,14+,15+,16+/m0/s1. The molecule has 5 nitrogen and oxygen atoms in total. The highest BCUT2D eigenvalue weighted by Crippen LogP contribution is 2.45. The van der Waals surface area contributed by atoms with Gasteiger partial charge in [0.2, 0.25) is 0 Å². The van der Waals surface area contributed by atoms with Crippen LogP contribution in [-0.2, 0) is 19.9 Å². The molecule has 4 rings (SSSR count). The summed E-state index contributed by atoms with van der Waals surface area (Å²) in [5.41, 5.74) is 7.85. The number of nitrogens with one attached hydrogen (secondary N) is 1. The van der Waals surface area contributed by atoms with E-state index in [-0.39, 0.29) is 31.0 Å². The minimum absolute atomic E-state index is 0.0205. The van der Waals surface area contributed by atoms with Gasteiger partial charge in [0.05, 0.1) is 31.0 Å². The lowest BCUT2D eigenvalue weighted by atomic mass is 9.69. The number of nitrogens with two attached hydrogens (primary N) is 1. The van der Waals surface area contributed by atoms with Crippen LogP contribution in [0.25, 0.3) is 0 Å². The third kappa shape index (κ3) is 2.30. The monoisotopic (exact) mass is 326 g/mol. The van der Waals surface area contributed by atoms with Gasteiger partial charge in [-0.3, -0.25) is 4.84 Å². The molecule has 126 valence electrons. The number of hydrogen-bond acceptors (Lipinski definition) is 5. The van der Waals surface area contributed by atoms with Crippen molar-refractivity contribution in [1.82, 2.24) is 5.48 Å². The molecule has 3 fully saturated rings. The normalized spacial score (nSPS) is 40.3. The lowest BCUT2D eigenvalue weighted by Crippen LogP contribution is -2.68. The third-order valence-electron chi connectivity index (χ3n) is 5.28. The summed E-state index contributed by atoms with van der Waals surface area (Å²) >= 11 is 0. The Morgan fingerprint density at radius 1 is 1.17 bits per heavy atom. The summed E-state index contributed by atoms with van der Waals surface area (Å²) in [6, 6.07) is 3.49. The number of rotatable bonds is 2. The third-order valence-corrected chi connectivity index (χ3v) is 5.28. The molecule has 0 aliphatic carbocycles. The average molecular weight is 326 g/mol. The van der Waals surface area contributed by atoms with Crippen LogP contribution in [0.4, 0.5) is 8.78 Å². The van der Waals surface area contributed by atoms with Gasteiger partial charge in [0.1, 0.15) is 17.2 Å². The Labute approximate surface area is 133 Å². The second-order valence-corrected chi connectivity index (χ2v) is 6.68. The Kier molecular flexibility index (Phi) is 3.66. The number of fused-ring (bicyclic) bond motifs is 1. The molecule has 3 heterocycles. The van der Waals surface area contributed by atoms with Gasteiger partial charge in [0.25, 0.3) is 0 Å². The minimum Gasteiger partial charge on any atom is -0.376 e. The van der Waals surface area contributed by atoms with Gasteiger partial charge < -0.3 is 15.2 Å². The van der Waals surface area contributed by atoms with Crippen LogP contribution >= 0.6 is 0 Å². The number of halogens is 2. The van der Waals surface area contributed by atoms with E-state index in [9.17, 15) is 8.78 Å². The van der Waals surface area contributed by atoms with Crippen molar-refractivity contribution in [2.75, 3.05) is 19.8 Å². The molecule has 7 heteroatoms. The number of ether oxygens (including phenoxy) is 2. The smallest absolute Gasteiger partial charge is 0.131 e. The quantitative estimate of drug-likeness (QED) is 0.859. The highest BCUT2D eigenvalue weighted by Gasteiger charge is 2.61. The number of hydroxylamine groups is 1. The van der Waals surface area contributed by atoms with Crippen molar-refractivity contribution in [3.8, 4) is 0 Å². The predicted molar refractivity (Wildman–Crippen MR) is 77.4 cm³/mol. The van der Waals surface area contributed by atoms with E-state index in [2.05, 4.69) is 5.48 Å². The topological polar surface area (TPSA) is 65.7 Å². The highest BCUT2D eigenvalue weighted by atomic mass is 19.1. The summed E-state index contributed by atoms with van der Waals surface area (Å²) in [7, 11) is 0. The van der Waals surface area contributed by atoms with E-state index < -0.39 is 22.7 Å². The van der Waals surface area contributed by atoms with Crippen LogP contribution in [0.5, 0.6) is 0 Å². The Hall–Kier alpha value is -1.12. The second kappa shape index (κ2) is 5.46. The molecule has 3 saturated heterocycles. The van der Waals surface area contributed by atoms with E-state index >= 15 is 0 Å². The van der Waals surface area contributed by atoms with Gasteiger partial charge in [-0.05, 0) is 25.3 Å². The molecular weight excluding hydrogens is 306 g/mol. The summed E-state index contributed by atoms with van der Waals surface area (Å²) in [5, 5.41) is 0. The Bertz CT molecular complexity index is 611. The molecule has 23 heavy (non-hydrogen) atoms. The first-order valence-corrected chi connectivity index (χ1v) is 7.91. The van der Waals surface area contributed by atoms with Crippen LogP contribution < -0.4 is 11.2 Å². The van der Waals surface area contributed by atoms with E-state index in [0.717, 1.165) is 25.5 Å². The number of hydrogen-bond donors (Lipinski definition) is 2. The molecule has 0 aromatic heterocycles. The number of benzene rings is 1. The molecule has 0 bridgehead atoms. The fourth-order valence-electron chi connectivity index (χ4n) is 3.94. The molecular formula is C16H20F2N2O3. The van der Waals surface area contributed by atoms with Crippen molar-refractivity contribution in [1.29, 1.82) is 0 Å². The molecule has 0 unspecified atom stereocenters. The first-order valence-electron chi connectivity index (χ1n) is 7.91. The maximum atomic E-state index is 14.4. The molecule has 1 aromatic rings. The first-order chi connectivity index (χ1) is 11.0. The summed E-state index contributed by atoms with van der Waals surface area (Å²) in [6.07, 6.45) is 2.32. The maximum Gasteiger partial charge on any atom is 0.131 e. The van der Waals surface area contributed by atoms with Gasteiger partial charge in [-0.15, -0.1) is 0 Å². The minimum atomic E-state index is -1.03. The molecule has 0 spiro atoms. The van der Waals surface area contributed by atoms with Crippen LogP contribution in [0.2, 0.25) is 0 Å². The van der Waals surface area contributed by atoms with Gasteiger partial charge in [-0.1, -0.05) is 6.07 Å². The molecule has 3 aliphatic rings. The lowest BCUT2D eigenvalue weighted by Gasteiger charge is -2.48. The average Bonchev–Trinajstić information content (AvgIpc) is 3.13. The predicted octanol–water partition coefficient (Wildman–Crippen LogP) is 1.36. The molecule has 1 aromatic carbocycles. The van der Waals surface area contributed by atoms with Crippen molar-refractivity contribution < 1.29 is 23.1 Å². The molecule has 3 N–H and O–H groups in total. The van der Waals surface area contributed by atoms with E-state index in [1.54, 1.807) is 0 Å². The highest BCUT2D eigenvalue weighted by molar-refractivity contribution is 5.34. The zero-order valence-corrected chi connectivity index (χ0v) is 12.7.